The van der Waals surface area contributed by atoms with Crippen LogP contribution < -0.4 is 10.6 Å². The highest BCUT2D eigenvalue weighted by atomic mass is 16.4. The summed E-state index contributed by atoms with van der Waals surface area (Å²) in [6, 6.07) is 0. The number of nitrogens with one attached hydrogen (secondary N) is 2. The van der Waals surface area contributed by atoms with Crippen molar-refractivity contribution >= 4 is 11.9 Å². The highest BCUT2D eigenvalue weighted by Crippen LogP contribution is 2.09. The number of carboxylic acid groups (broad SMARTS) is 2. The monoisotopic (exact) mass is 258 g/mol. The van der Waals surface area contributed by atoms with Gasteiger partial charge in [0.2, 0.25) is 0 Å². The highest BCUT2D eigenvalue weighted by molar-refractivity contribution is 5.70. The number of carboxylic acids is 2. The first-order valence-corrected chi connectivity index (χ1v) is 6.48. The topological polar surface area (TPSA) is 98.7 Å². The van der Waals surface area contributed by atoms with Gasteiger partial charge >= 0.3 is 11.9 Å². The summed E-state index contributed by atoms with van der Waals surface area (Å²) < 4.78 is 0. The van der Waals surface area contributed by atoms with Crippen molar-refractivity contribution in [3.8, 4) is 0 Å². The van der Waals surface area contributed by atoms with Crippen LogP contribution in [-0.4, -0.2) is 48.3 Å². The molecule has 0 aromatic heterocycles. The minimum atomic E-state index is -0.665. The number of piperidine rings is 2. The van der Waals surface area contributed by atoms with Crippen LogP contribution in [0.3, 0.4) is 0 Å². The van der Waals surface area contributed by atoms with Crippen molar-refractivity contribution < 1.29 is 19.8 Å². The highest BCUT2D eigenvalue weighted by Gasteiger charge is 2.19. The van der Waals surface area contributed by atoms with Crippen LogP contribution in [0, 0.1) is 11.8 Å². The molecule has 0 bridgehead atoms. The number of carbonyl (C=O) groups is 2. The van der Waals surface area contributed by atoms with E-state index in [2.05, 4.69) is 10.6 Å². The largest absolute Gasteiger partial charge is 0.481 e. The van der Waals surface area contributed by atoms with Crippen molar-refractivity contribution in [2.45, 2.75) is 25.7 Å². The van der Waals surface area contributed by atoms with E-state index in [-0.39, 0.29) is 11.8 Å². The van der Waals surface area contributed by atoms with Gasteiger partial charge in [0.05, 0.1) is 11.8 Å². The summed E-state index contributed by atoms with van der Waals surface area (Å²) >= 11 is 0. The average Bonchev–Trinajstić information content (AvgIpc) is 2.41. The quantitative estimate of drug-likeness (QED) is 0.562. The van der Waals surface area contributed by atoms with Gasteiger partial charge in [-0.15, -0.1) is 0 Å². The van der Waals surface area contributed by atoms with Crippen molar-refractivity contribution in [1.82, 2.24) is 10.6 Å². The van der Waals surface area contributed by atoms with Gasteiger partial charge in [-0.05, 0) is 38.8 Å². The molecule has 0 aromatic carbocycles. The molecule has 2 rings (SSSR count). The molecule has 6 heteroatoms. The van der Waals surface area contributed by atoms with E-state index >= 15 is 0 Å². The zero-order valence-electron chi connectivity index (χ0n) is 10.5. The summed E-state index contributed by atoms with van der Waals surface area (Å²) in [6.07, 6.45) is 3.67. The van der Waals surface area contributed by atoms with E-state index in [0.717, 1.165) is 38.8 Å². The Hall–Kier alpha value is -1.14. The van der Waals surface area contributed by atoms with E-state index in [1.165, 1.54) is 0 Å². The fourth-order valence-electron chi connectivity index (χ4n) is 2.13. The van der Waals surface area contributed by atoms with E-state index < -0.39 is 11.9 Å². The molecule has 2 heterocycles. The Bertz CT molecular complexity index is 243. The SMILES string of the molecule is O=C(O)C1CCCNC1.O=C(O)C1CCCNC1. The fourth-order valence-corrected chi connectivity index (χ4v) is 2.13. The Morgan fingerprint density at radius 1 is 0.833 bits per heavy atom. The van der Waals surface area contributed by atoms with Crippen LogP contribution >= 0.6 is 0 Å². The van der Waals surface area contributed by atoms with Crippen LogP contribution in [0.25, 0.3) is 0 Å². The molecule has 0 spiro atoms. The Labute approximate surface area is 107 Å². The van der Waals surface area contributed by atoms with Crippen molar-refractivity contribution in [3.63, 3.8) is 0 Å². The molecule has 6 nitrogen and oxygen atoms in total. The van der Waals surface area contributed by atoms with Crippen molar-refractivity contribution in [1.29, 1.82) is 0 Å². The number of hydrogen-bond donors (Lipinski definition) is 4. The van der Waals surface area contributed by atoms with Crippen molar-refractivity contribution in [2.75, 3.05) is 26.2 Å². The molecular weight excluding hydrogens is 236 g/mol. The number of rotatable bonds is 2. The van der Waals surface area contributed by atoms with Gasteiger partial charge in [0.15, 0.2) is 0 Å². The number of hydrogen-bond acceptors (Lipinski definition) is 4. The molecule has 2 aliphatic rings. The smallest absolute Gasteiger partial charge is 0.307 e. The van der Waals surface area contributed by atoms with E-state index in [1.54, 1.807) is 0 Å². The lowest BCUT2D eigenvalue weighted by atomic mass is 10.0. The summed E-state index contributed by atoms with van der Waals surface area (Å²) in [5.74, 6) is -1.61. The van der Waals surface area contributed by atoms with Crippen LogP contribution in [0.5, 0.6) is 0 Å². The van der Waals surface area contributed by atoms with Crippen LogP contribution in [-0.2, 0) is 9.59 Å². The fraction of sp³-hybridized carbons (Fsp3) is 0.833. The zero-order valence-corrected chi connectivity index (χ0v) is 10.5. The molecule has 0 radical (unpaired) electrons. The summed E-state index contributed by atoms with van der Waals surface area (Å²) in [6.45, 7) is 3.25. The molecule has 4 N–H and O–H groups in total. The first-order valence-electron chi connectivity index (χ1n) is 6.48. The predicted octanol–water partition coefficient (Wildman–Crippen LogP) is 0.141. The Morgan fingerprint density at radius 3 is 1.39 bits per heavy atom. The lowest BCUT2D eigenvalue weighted by Crippen LogP contribution is -2.34. The maximum absolute atomic E-state index is 10.3. The Kier molecular flexibility index (Phi) is 6.67. The van der Waals surface area contributed by atoms with E-state index in [4.69, 9.17) is 10.2 Å². The van der Waals surface area contributed by atoms with E-state index in [9.17, 15) is 9.59 Å². The number of aliphatic carboxylic acids is 2. The first kappa shape index (κ1) is 14.9. The average molecular weight is 258 g/mol. The van der Waals surface area contributed by atoms with Crippen molar-refractivity contribution in [3.05, 3.63) is 0 Å². The molecule has 18 heavy (non-hydrogen) atoms. The van der Waals surface area contributed by atoms with Crippen LogP contribution in [0.4, 0.5) is 0 Å². The van der Waals surface area contributed by atoms with Gasteiger partial charge in [0.25, 0.3) is 0 Å². The molecule has 0 aliphatic carbocycles. The molecule has 0 amide bonds. The third-order valence-electron chi connectivity index (χ3n) is 3.29. The van der Waals surface area contributed by atoms with E-state index in [1.807, 2.05) is 0 Å². The molecule has 2 aliphatic heterocycles. The summed E-state index contributed by atoms with van der Waals surface area (Å²) in [4.78, 5) is 20.6. The predicted molar refractivity (Wildman–Crippen MR) is 66.5 cm³/mol. The third-order valence-corrected chi connectivity index (χ3v) is 3.29. The third kappa shape index (κ3) is 5.46. The van der Waals surface area contributed by atoms with Gasteiger partial charge in [-0.1, -0.05) is 0 Å². The molecule has 104 valence electrons. The Morgan fingerprint density at radius 2 is 1.22 bits per heavy atom. The molecule has 0 aromatic rings. The zero-order chi connectivity index (χ0) is 13.4. The molecule has 2 atom stereocenters. The van der Waals surface area contributed by atoms with Crippen LogP contribution in [0.15, 0.2) is 0 Å². The van der Waals surface area contributed by atoms with Gasteiger partial charge < -0.3 is 20.8 Å². The van der Waals surface area contributed by atoms with Gasteiger partial charge in [0.1, 0.15) is 0 Å². The normalized spacial score (nSPS) is 27.8. The lowest BCUT2D eigenvalue weighted by molar-refractivity contribution is -0.143. The molecule has 2 saturated heterocycles. The van der Waals surface area contributed by atoms with Crippen molar-refractivity contribution in [2.24, 2.45) is 11.8 Å². The first-order chi connectivity index (χ1) is 8.61. The van der Waals surface area contributed by atoms with Crippen LogP contribution in [0.2, 0.25) is 0 Å². The second kappa shape index (κ2) is 8.05. The second-order valence-electron chi connectivity index (χ2n) is 4.76. The minimum absolute atomic E-state index is 0.140. The lowest BCUT2D eigenvalue weighted by Gasteiger charge is -2.18. The molecule has 2 fully saturated rings. The van der Waals surface area contributed by atoms with Gasteiger partial charge in [0, 0.05) is 13.1 Å². The molecule has 2 unspecified atom stereocenters. The summed E-state index contributed by atoms with van der Waals surface area (Å²) in [5, 5.41) is 23.1. The van der Waals surface area contributed by atoms with Gasteiger partial charge in [-0.25, -0.2) is 0 Å². The van der Waals surface area contributed by atoms with Crippen LogP contribution in [0.1, 0.15) is 25.7 Å². The molecular formula is C12H22N2O4. The minimum Gasteiger partial charge on any atom is -0.481 e. The molecule has 0 saturated carbocycles. The van der Waals surface area contributed by atoms with E-state index in [0.29, 0.717) is 13.1 Å². The van der Waals surface area contributed by atoms with Gasteiger partial charge in [-0.3, -0.25) is 9.59 Å². The standard InChI is InChI=1S/2C6H11NO2/c2*8-6(9)5-2-1-3-7-4-5/h2*5,7H,1-4H2,(H,8,9). The Balaban J connectivity index is 0.000000180. The summed E-state index contributed by atoms with van der Waals surface area (Å²) in [7, 11) is 0. The maximum atomic E-state index is 10.3. The maximum Gasteiger partial charge on any atom is 0.307 e. The van der Waals surface area contributed by atoms with Gasteiger partial charge in [-0.2, -0.15) is 0 Å². The second-order valence-corrected chi connectivity index (χ2v) is 4.76. The summed E-state index contributed by atoms with van der Waals surface area (Å²) in [5.41, 5.74) is 0.